The summed E-state index contributed by atoms with van der Waals surface area (Å²) in [5.74, 6) is -0.0924. The predicted octanol–water partition coefficient (Wildman–Crippen LogP) is 5.38. The number of thiol groups is 1. The summed E-state index contributed by atoms with van der Waals surface area (Å²) in [7, 11) is 3.70. The van der Waals surface area contributed by atoms with E-state index in [2.05, 4.69) is 38.4 Å². The Morgan fingerprint density at radius 3 is 2.13 bits per heavy atom. The molecule has 0 bridgehead atoms. The monoisotopic (exact) mass is 437 g/mol. The molecule has 3 rings (SSSR count). The van der Waals surface area contributed by atoms with Crippen LogP contribution >= 0.6 is 12.6 Å². The Balaban J connectivity index is 1.92. The third kappa shape index (κ3) is 5.23. The van der Waals surface area contributed by atoms with E-state index in [0.29, 0.717) is 0 Å². The van der Waals surface area contributed by atoms with Crippen LogP contribution < -0.4 is 4.74 Å². The molecule has 0 aliphatic heterocycles. The number of fused-ring (bicyclic) bond motifs is 1. The molecule has 0 fully saturated rings. The van der Waals surface area contributed by atoms with Crippen molar-refractivity contribution in [2.75, 3.05) is 20.7 Å². The highest BCUT2D eigenvalue weighted by Crippen LogP contribution is 2.35. The van der Waals surface area contributed by atoms with Crippen molar-refractivity contribution in [1.29, 1.82) is 0 Å². The Morgan fingerprint density at radius 1 is 0.968 bits per heavy atom. The van der Waals surface area contributed by atoms with Crippen LogP contribution in [-0.2, 0) is 16.8 Å². The third-order valence-electron chi connectivity index (χ3n) is 5.69. The highest BCUT2D eigenvalue weighted by atomic mass is 32.1. The number of carboxylic acids is 1. The van der Waals surface area contributed by atoms with E-state index in [4.69, 9.17) is 4.74 Å². The van der Waals surface area contributed by atoms with Crippen LogP contribution in [0.4, 0.5) is 0 Å². The molecule has 1 N–H and O–H groups in total. The second-order valence-electron chi connectivity index (χ2n) is 9.04. The number of benzene rings is 3. The van der Waals surface area contributed by atoms with E-state index in [-0.39, 0.29) is 4.75 Å². The lowest BCUT2D eigenvalue weighted by Gasteiger charge is -2.28. The lowest BCUT2D eigenvalue weighted by molar-refractivity contribution is -0.141. The topological polar surface area (TPSA) is 49.8 Å². The number of aliphatic carboxylic acids is 1. The number of hydrogen-bond acceptors (Lipinski definition) is 4. The Hall–Kier alpha value is -2.50. The van der Waals surface area contributed by atoms with Crippen LogP contribution in [0.3, 0.4) is 0 Å². The number of methoxy groups -OCH3 is 1. The van der Waals surface area contributed by atoms with Gasteiger partial charge in [-0.05, 0) is 73.5 Å². The molecule has 0 radical (unpaired) electrons. The molecule has 1 atom stereocenters. The first kappa shape index (κ1) is 23.2. The quantitative estimate of drug-likeness (QED) is 0.465. The maximum atomic E-state index is 12.4. The standard InChI is InChI=1S/C26H31NO3S/c1-25(2,31)17-27(4)16-18-6-10-21(11-7-18)26(3,24(28)29)22-12-8-20-15-23(30-5)13-9-19(20)14-22/h6-15,31H,16-17H2,1-5H3,(H,28,29)/t26-/m0/s1. The molecule has 4 nitrogen and oxygen atoms in total. The SMILES string of the molecule is COc1ccc2cc([C@@](C)(C(=O)O)c3ccc(CN(C)CC(C)(C)S)cc3)ccc2c1. The minimum absolute atomic E-state index is 0.0727. The number of carbonyl (C=O) groups is 1. The fourth-order valence-corrected chi connectivity index (χ4v) is 4.29. The summed E-state index contributed by atoms with van der Waals surface area (Å²) in [5, 5.41) is 12.2. The van der Waals surface area contributed by atoms with Crippen molar-refractivity contribution in [3.63, 3.8) is 0 Å². The van der Waals surface area contributed by atoms with Gasteiger partial charge in [0.1, 0.15) is 11.2 Å². The highest BCUT2D eigenvalue weighted by molar-refractivity contribution is 7.81. The maximum absolute atomic E-state index is 12.4. The van der Waals surface area contributed by atoms with Gasteiger partial charge in [-0.2, -0.15) is 12.6 Å². The van der Waals surface area contributed by atoms with Crippen molar-refractivity contribution < 1.29 is 14.6 Å². The maximum Gasteiger partial charge on any atom is 0.318 e. The number of rotatable bonds is 8. The lowest BCUT2D eigenvalue weighted by Crippen LogP contribution is -2.34. The fraction of sp³-hybridized carbons (Fsp3) is 0.346. The van der Waals surface area contributed by atoms with Gasteiger partial charge in [0.05, 0.1) is 7.11 Å². The molecule has 0 saturated heterocycles. The Kier molecular flexibility index (Phi) is 6.68. The molecule has 3 aromatic rings. The summed E-state index contributed by atoms with van der Waals surface area (Å²) >= 11 is 4.60. The molecule has 0 aliphatic carbocycles. The molecule has 3 aromatic carbocycles. The van der Waals surface area contributed by atoms with Crippen LogP contribution in [0.2, 0.25) is 0 Å². The first-order valence-electron chi connectivity index (χ1n) is 10.3. The van der Waals surface area contributed by atoms with Crippen LogP contribution in [-0.4, -0.2) is 41.4 Å². The zero-order chi connectivity index (χ0) is 22.8. The molecule has 0 spiro atoms. The molecule has 31 heavy (non-hydrogen) atoms. The summed E-state index contributed by atoms with van der Waals surface area (Å²) in [6, 6.07) is 19.5. The van der Waals surface area contributed by atoms with E-state index in [0.717, 1.165) is 46.3 Å². The molecule has 0 amide bonds. The molecular weight excluding hydrogens is 406 g/mol. The number of ether oxygens (including phenoxy) is 1. The van der Waals surface area contributed by atoms with E-state index in [1.165, 1.54) is 0 Å². The Bertz CT molecular complexity index is 1070. The smallest absolute Gasteiger partial charge is 0.318 e. The van der Waals surface area contributed by atoms with Crippen LogP contribution in [0.25, 0.3) is 10.8 Å². The summed E-state index contributed by atoms with van der Waals surface area (Å²) in [5.41, 5.74) is 1.50. The minimum Gasteiger partial charge on any atom is -0.497 e. The average Bonchev–Trinajstić information content (AvgIpc) is 2.71. The van der Waals surface area contributed by atoms with Gasteiger partial charge >= 0.3 is 5.97 Å². The fourth-order valence-electron chi connectivity index (χ4n) is 4.05. The normalized spacial score (nSPS) is 13.9. The minimum atomic E-state index is -1.15. The Morgan fingerprint density at radius 2 is 1.55 bits per heavy atom. The van der Waals surface area contributed by atoms with Crippen molar-refractivity contribution in [2.24, 2.45) is 0 Å². The molecule has 164 valence electrons. The van der Waals surface area contributed by atoms with Crippen LogP contribution in [0.5, 0.6) is 5.75 Å². The van der Waals surface area contributed by atoms with Gasteiger partial charge < -0.3 is 14.7 Å². The molecule has 5 heteroatoms. The number of nitrogens with zero attached hydrogens (tertiary/aromatic N) is 1. The van der Waals surface area contributed by atoms with Gasteiger partial charge in [0.2, 0.25) is 0 Å². The van der Waals surface area contributed by atoms with Gasteiger partial charge in [-0.3, -0.25) is 4.79 Å². The van der Waals surface area contributed by atoms with E-state index >= 15 is 0 Å². The largest absolute Gasteiger partial charge is 0.497 e. The first-order chi connectivity index (χ1) is 14.5. The van der Waals surface area contributed by atoms with Gasteiger partial charge in [0, 0.05) is 17.8 Å². The van der Waals surface area contributed by atoms with Gasteiger partial charge in [-0.25, -0.2) is 0 Å². The summed E-state index contributed by atoms with van der Waals surface area (Å²) < 4.78 is 5.22. The van der Waals surface area contributed by atoms with E-state index in [1.54, 1.807) is 14.0 Å². The van der Waals surface area contributed by atoms with Crippen LogP contribution in [0, 0.1) is 0 Å². The molecule has 0 unspecified atom stereocenters. The van der Waals surface area contributed by atoms with Crippen molar-refractivity contribution >= 4 is 29.4 Å². The molecular formula is C26H31NO3S. The summed E-state index contributed by atoms with van der Waals surface area (Å²) in [4.78, 5) is 14.7. The highest BCUT2D eigenvalue weighted by Gasteiger charge is 2.37. The zero-order valence-electron chi connectivity index (χ0n) is 18.8. The molecule has 0 aromatic heterocycles. The second-order valence-corrected chi connectivity index (χ2v) is 10.3. The third-order valence-corrected chi connectivity index (χ3v) is 5.83. The predicted molar refractivity (Wildman–Crippen MR) is 130 cm³/mol. The first-order valence-corrected chi connectivity index (χ1v) is 10.8. The van der Waals surface area contributed by atoms with Gasteiger partial charge in [-0.1, -0.05) is 42.5 Å². The van der Waals surface area contributed by atoms with Gasteiger partial charge in [0.25, 0.3) is 0 Å². The Labute approximate surface area is 190 Å². The van der Waals surface area contributed by atoms with Gasteiger partial charge in [-0.15, -0.1) is 0 Å². The van der Waals surface area contributed by atoms with E-state index in [9.17, 15) is 9.90 Å². The number of hydrogen-bond donors (Lipinski definition) is 2. The van der Waals surface area contributed by atoms with Crippen molar-refractivity contribution in [3.8, 4) is 5.75 Å². The van der Waals surface area contributed by atoms with Crippen molar-refractivity contribution in [1.82, 2.24) is 4.90 Å². The average molecular weight is 438 g/mol. The van der Waals surface area contributed by atoms with Crippen LogP contribution in [0.15, 0.2) is 60.7 Å². The zero-order valence-corrected chi connectivity index (χ0v) is 19.7. The number of carboxylic acid groups (broad SMARTS) is 1. The second kappa shape index (κ2) is 8.93. The van der Waals surface area contributed by atoms with Crippen molar-refractivity contribution in [3.05, 3.63) is 77.4 Å². The summed E-state index contributed by atoms with van der Waals surface area (Å²) in [6.07, 6.45) is 0. The van der Waals surface area contributed by atoms with Gasteiger partial charge in [0.15, 0.2) is 0 Å². The molecule has 0 aliphatic rings. The van der Waals surface area contributed by atoms with Crippen molar-refractivity contribution in [2.45, 2.75) is 37.5 Å². The van der Waals surface area contributed by atoms with E-state index < -0.39 is 11.4 Å². The lowest BCUT2D eigenvalue weighted by atomic mass is 9.75. The van der Waals surface area contributed by atoms with E-state index in [1.807, 2.05) is 60.7 Å². The molecule has 0 heterocycles. The molecule has 0 saturated carbocycles. The van der Waals surface area contributed by atoms with Crippen LogP contribution in [0.1, 0.15) is 37.5 Å². The summed E-state index contributed by atoms with van der Waals surface area (Å²) in [6.45, 7) is 7.59.